The lowest BCUT2D eigenvalue weighted by Crippen LogP contribution is -2.25. The van der Waals surface area contributed by atoms with Crippen LogP contribution in [0.1, 0.15) is 39.0 Å². The number of aromatic nitrogens is 1. The van der Waals surface area contributed by atoms with Crippen LogP contribution in [0.15, 0.2) is 11.4 Å². The molecule has 2 aromatic heterocycles. The van der Waals surface area contributed by atoms with Crippen molar-refractivity contribution in [1.82, 2.24) is 10.3 Å². The minimum absolute atomic E-state index is 0.189. The van der Waals surface area contributed by atoms with Crippen molar-refractivity contribution >= 4 is 22.7 Å². The highest BCUT2D eigenvalue weighted by atomic mass is 32.1. The van der Waals surface area contributed by atoms with E-state index in [4.69, 9.17) is 9.72 Å². The number of aryl methyl sites for hydroxylation is 3. The molecular weight excluding hydrogens is 288 g/mol. The molecule has 3 nitrogen and oxygen atoms in total. The number of methoxy groups -OCH3 is 1. The fraction of sp³-hybridized carbons (Fsp3) is 0.533. The van der Waals surface area contributed by atoms with Gasteiger partial charge >= 0.3 is 0 Å². The van der Waals surface area contributed by atoms with Crippen molar-refractivity contribution in [2.45, 2.75) is 33.2 Å². The first-order chi connectivity index (χ1) is 9.67. The molecule has 0 bridgehead atoms. The van der Waals surface area contributed by atoms with Crippen LogP contribution in [0, 0.1) is 13.8 Å². The molecule has 0 aliphatic carbocycles. The van der Waals surface area contributed by atoms with Crippen molar-refractivity contribution in [2.24, 2.45) is 0 Å². The molecule has 1 atom stereocenters. The van der Waals surface area contributed by atoms with Crippen molar-refractivity contribution in [3.8, 4) is 0 Å². The highest BCUT2D eigenvalue weighted by Crippen LogP contribution is 2.33. The van der Waals surface area contributed by atoms with Crippen LogP contribution in [0.2, 0.25) is 0 Å². The lowest BCUT2D eigenvalue weighted by Gasteiger charge is -2.16. The first-order valence-corrected chi connectivity index (χ1v) is 8.59. The molecule has 0 aliphatic heterocycles. The second kappa shape index (κ2) is 7.31. The second-order valence-electron chi connectivity index (χ2n) is 4.76. The Morgan fingerprint density at radius 1 is 1.40 bits per heavy atom. The van der Waals surface area contributed by atoms with E-state index in [1.54, 1.807) is 29.8 Å². The van der Waals surface area contributed by atoms with E-state index in [2.05, 4.69) is 37.5 Å². The second-order valence-corrected chi connectivity index (χ2v) is 6.94. The molecule has 2 rings (SSSR count). The SMILES string of the molecule is CCc1nc(C(NCCOC)c2sccc2C)sc1C. The van der Waals surface area contributed by atoms with Gasteiger partial charge in [0.25, 0.3) is 0 Å². The van der Waals surface area contributed by atoms with Gasteiger partial charge in [-0.2, -0.15) is 0 Å². The Morgan fingerprint density at radius 2 is 2.20 bits per heavy atom. The zero-order chi connectivity index (χ0) is 14.5. The van der Waals surface area contributed by atoms with Crippen LogP contribution in [0.5, 0.6) is 0 Å². The number of hydrogen-bond acceptors (Lipinski definition) is 5. The van der Waals surface area contributed by atoms with Gasteiger partial charge in [0.15, 0.2) is 0 Å². The smallest absolute Gasteiger partial charge is 0.115 e. The predicted molar refractivity (Wildman–Crippen MR) is 87.0 cm³/mol. The third kappa shape index (κ3) is 3.47. The van der Waals surface area contributed by atoms with Crippen LogP contribution in [0.3, 0.4) is 0 Å². The molecule has 0 amide bonds. The van der Waals surface area contributed by atoms with Gasteiger partial charge in [-0.1, -0.05) is 6.92 Å². The van der Waals surface area contributed by atoms with E-state index < -0.39 is 0 Å². The Balaban J connectivity index is 2.27. The van der Waals surface area contributed by atoms with Gasteiger partial charge < -0.3 is 10.1 Å². The quantitative estimate of drug-likeness (QED) is 0.792. The largest absolute Gasteiger partial charge is 0.383 e. The summed E-state index contributed by atoms with van der Waals surface area (Å²) in [5, 5.41) is 6.90. The number of thiazole rings is 1. The summed E-state index contributed by atoms with van der Waals surface area (Å²) >= 11 is 3.60. The van der Waals surface area contributed by atoms with E-state index in [1.165, 1.54) is 26.0 Å². The van der Waals surface area contributed by atoms with Gasteiger partial charge in [-0.05, 0) is 37.3 Å². The van der Waals surface area contributed by atoms with Crippen molar-refractivity contribution in [3.05, 3.63) is 37.5 Å². The van der Waals surface area contributed by atoms with Crippen LogP contribution in [-0.4, -0.2) is 25.2 Å². The summed E-state index contributed by atoms with van der Waals surface area (Å²) in [6.07, 6.45) is 0.997. The molecule has 0 saturated heterocycles. The molecule has 2 aromatic rings. The van der Waals surface area contributed by atoms with Gasteiger partial charge in [-0.25, -0.2) is 4.98 Å². The van der Waals surface area contributed by atoms with E-state index in [0.717, 1.165) is 13.0 Å². The zero-order valence-corrected chi connectivity index (χ0v) is 14.2. The number of nitrogens with zero attached hydrogens (tertiary/aromatic N) is 1. The highest BCUT2D eigenvalue weighted by molar-refractivity contribution is 7.12. The molecule has 0 radical (unpaired) electrons. The molecule has 1 N–H and O–H groups in total. The maximum Gasteiger partial charge on any atom is 0.115 e. The number of nitrogens with one attached hydrogen (secondary N) is 1. The summed E-state index contributed by atoms with van der Waals surface area (Å²) in [5.74, 6) is 0. The molecule has 0 spiro atoms. The predicted octanol–water partition coefficient (Wildman–Crippen LogP) is 3.71. The van der Waals surface area contributed by atoms with E-state index in [0.29, 0.717) is 6.61 Å². The van der Waals surface area contributed by atoms with E-state index in [9.17, 15) is 0 Å². The monoisotopic (exact) mass is 310 g/mol. The van der Waals surface area contributed by atoms with Crippen molar-refractivity contribution < 1.29 is 4.74 Å². The molecule has 0 fully saturated rings. The summed E-state index contributed by atoms with van der Waals surface area (Å²) < 4.78 is 5.15. The van der Waals surface area contributed by atoms with Gasteiger partial charge in [0.2, 0.25) is 0 Å². The summed E-state index contributed by atoms with van der Waals surface area (Å²) in [6.45, 7) is 8.03. The minimum Gasteiger partial charge on any atom is -0.383 e. The summed E-state index contributed by atoms with van der Waals surface area (Å²) in [5.41, 5.74) is 2.55. The van der Waals surface area contributed by atoms with Crippen LogP contribution in [0.25, 0.3) is 0 Å². The topological polar surface area (TPSA) is 34.2 Å². The molecular formula is C15H22N2OS2. The average Bonchev–Trinajstić information content (AvgIpc) is 3.01. The van der Waals surface area contributed by atoms with Gasteiger partial charge in [-0.15, -0.1) is 22.7 Å². The Hall–Kier alpha value is -0.750. The zero-order valence-electron chi connectivity index (χ0n) is 12.5. The fourth-order valence-corrected chi connectivity index (χ4v) is 4.35. The number of thiophene rings is 1. The normalized spacial score (nSPS) is 12.8. The molecule has 20 heavy (non-hydrogen) atoms. The molecule has 0 aliphatic rings. The van der Waals surface area contributed by atoms with Gasteiger partial charge in [-0.3, -0.25) is 0 Å². The Kier molecular flexibility index (Phi) is 5.72. The molecule has 0 aromatic carbocycles. The van der Waals surface area contributed by atoms with E-state index in [1.807, 2.05) is 0 Å². The molecule has 5 heteroatoms. The van der Waals surface area contributed by atoms with Crippen LogP contribution in [-0.2, 0) is 11.2 Å². The highest BCUT2D eigenvalue weighted by Gasteiger charge is 2.21. The van der Waals surface area contributed by atoms with E-state index in [-0.39, 0.29) is 6.04 Å². The Morgan fingerprint density at radius 3 is 2.75 bits per heavy atom. The van der Waals surface area contributed by atoms with Gasteiger partial charge in [0, 0.05) is 23.4 Å². The maximum absolute atomic E-state index is 5.15. The Bertz CT molecular complexity index is 548. The van der Waals surface area contributed by atoms with Crippen molar-refractivity contribution in [3.63, 3.8) is 0 Å². The molecule has 2 heterocycles. The van der Waals surface area contributed by atoms with Crippen molar-refractivity contribution in [1.29, 1.82) is 0 Å². The maximum atomic E-state index is 5.15. The number of rotatable bonds is 7. The Labute approximate surface area is 129 Å². The van der Waals surface area contributed by atoms with Crippen LogP contribution in [0.4, 0.5) is 0 Å². The molecule has 0 saturated carbocycles. The van der Waals surface area contributed by atoms with Crippen molar-refractivity contribution in [2.75, 3.05) is 20.3 Å². The standard InChI is InChI=1S/C15H22N2OS2/c1-5-12-11(3)20-15(17-12)13(16-7-8-18-4)14-10(2)6-9-19-14/h6,9,13,16H,5,7-8H2,1-4H3. The van der Waals surface area contributed by atoms with E-state index >= 15 is 0 Å². The molecule has 1 unspecified atom stereocenters. The van der Waals surface area contributed by atoms with Gasteiger partial charge in [0.05, 0.1) is 18.3 Å². The third-order valence-corrected chi connectivity index (χ3v) is 5.47. The summed E-state index contributed by atoms with van der Waals surface area (Å²) in [4.78, 5) is 7.51. The molecule has 110 valence electrons. The number of hydrogen-bond donors (Lipinski definition) is 1. The number of ether oxygens (including phenoxy) is 1. The average molecular weight is 310 g/mol. The van der Waals surface area contributed by atoms with Crippen LogP contribution < -0.4 is 5.32 Å². The first kappa shape index (κ1) is 15.6. The third-order valence-electron chi connectivity index (χ3n) is 3.31. The van der Waals surface area contributed by atoms with Gasteiger partial charge in [0.1, 0.15) is 5.01 Å². The summed E-state index contributed by atoms with van der Waals surface area (Å²) in [7, 11) is 1.73. The van der Waals surface area contributed by atoms with Crippen LogP contribution >= 0.6 is 22.7 Å². The fourth-order valence-electron chi connectivity index (χ4n) is 2.18. The minimum atomic E-state index is 0.189. The lowest BCUT2D eigenvalue weighted by atomic mass is 10.1. The summed E-state index contributed by atoms with van der Waals surface area (Å²) in [6, 6.07) is 2.36. The lowest BCUT2D eigenvalue weighted by molar-refractivity contribution is 0.197. The first-order valence-electron chi connectivity index (χ1n) is 6.89.